The minimum Gasteiger partial charge on any atom is -0.496 e. The number of H-pyrrole nitrogens is 1. The van der Waals surface area contributed by atoms with Crippen LogP contribution in [-0.4, -0.2) is 17.1 Å². The molecule has 0 saturated carbocycles. The van der Waals surface area contributed by atoms with Crippen LogP contribution < -0.4 is 4.74 Å². The van der Waals surface area contributed by atoms with E-state index >= 15 is 0 Å². The normalized spacial score (nSPS) is 11.5. The van der Waals surface area contributed by atoms with E-state index in [9.17, 15) is 5.26 Å². The molecular weight excluding hydrogens is 310 g/mol. The van der Waals surface area contributed by atoms with E-state index in [-0.39, 0.29) is 0 Å². The SMILES string of the molecule is COc1ccc(Cl)cc1/C=C(\C#N)c1nc2ccc(C)cc2[nH]1. The smallest absolute Gasteiger partial charge is 0.149 e. The number of rotatable bonds is 3. The molecule has 0 fully saturated rings. The molecule has 0 bridgehead atoms. The van der Waals surface area contributed by atoms with Gasteiger partial charge < -0.3 is 9.72 Å². The lowest BCUT2D eigenvalue weighted by molar-refractivity contribution is 0.414. The lowest BCUT2D eigenvalue weighted by Gasteiger charge is -2.05. The molecule has 114 valence electrons. The number of hydrogen-bond acceptors (Lipinski definition) is 3. The first-order valence-corrected chi connectivity index (χ1v) is 7.40. The molecule has 0 aliphatic heterocycles. The van der Waals surface area contributed by atoms with Crippen LogP contribution >= 0.6 is 11.6 Å². The molecule has 5 heteroatoms. The number of nitriles is 1. The molecule has 2 aromatic carbocycles. The number of hydrogen-bond donors (Lipinski definition) is 1. The van der Waals surface area contributed by atoms with Crippen LogP contribution in [0.25, 0.3) is 22.7 Å². The minimum atomic E-state index is 0.416. The van der Waals surface area contributed by atoms with Gasteiger partial charge in [0.25, 0.3) is 0 Å². The number of nitrogens with one attached hydrogen (secondary N) is 1. The van der Waals surface area contributed by atoms with Gasteiger partial charge in [0.2, 0.25) is 0 Å². The van der Waals surface area contributed by atoms with E-state index in [2.05, 4.69) is 16.0 Å². The summed E-state index contributed by atoms with van der Waals surface area (Å²) in [4.78, 5) is 7.66. The number of aromatic nitrogens is 2. The fourth-order valence-corrected chi connectivity index (χ4v) is 2.56. The zero-order valence-corrected chi connectivity index (χ0v) is 13.5. The van der Waals surface area contributed by atoms with Crippen molar-refractivity contribution in [3.63, 3.8) is 0 Å². The standard InChI is InChI=1S/C18H14ClN3O/c1-11-3-5-15-16(7-11)22-18(21-15)13(10-20)8-12-9-14(19)4-6-17(12)23-2/h3-9H,1-2H3,(H,21,22)/b13-8+. The van der Waals surface area contributed by atoms with Gasteiger partial charge in [0.1, 0.15) is 17.6 Å². The molecule has 0 aliphatic rings. The number of benzene rings is 2. The van der Waals surface area contributed by atoms with Gasteiger partial charge in [-0.1, -0.05) is 17.7 Å². The molecule has 1 heterocycles. The summed E-state index contributed by atoms with van der Waals surface area (Å²) in [7, 11) is 1.58. The average molecular weight is 324 g/mol. The van der Waals surface area contributed by atoms with Gasteiger partial charge in [-0.25, -0.2) is 4.98 Å². The third-order valence-corrected chi connectivity index (χ3v) is 3.74. The van der Waals surface area contributed by atoms with E-state index in [1.54, 1.807) is 31.4 Å². The number of methoxy groups -OCH3 is 1. The summed E-state index contributed by atoms with van der Waals surface area (Å²) in [5.74, 6) is 1.17. The van der Waals surface area contributed by atoms with Crippen molar-refractivity contribution in [2.75, 3.05) is 7.11 Å². The van der Waals surface area contributed by atoms with Crippen LogP contribution in [0.1, 0.15) is 17.0 Å². The van der Waals surface area contributed by atoms with Gasteiger partial charge in [-0.2, -0.15) is 5.26 Å². The number of allylic oxidation sites excluding steroid dienone is 1. The number of ether oxygens (including phenoxy) is 1. The maximum absolute atomic E-state index is 9.50. The van der Waals surface area contributed by atoms with Gasteiger partial charge in [0.15, 0.2) is 0 Å². The first-order valence-electron chi connectivity index (χ1n) is 7.03. The quantitative estimate of drug-likeness (QED) is 0.717. The largest absolute Gasteiger partial charge is 0.496 e. The minimum absolute atomic E-state index is 0.416. The van der Waals surface area contributed by atoms with Gasteiger partial charge in [-0.3, -0.25) is 0 Å². The van der Waals surface area contributed by atoms with Crippen molar-refractivity contribution >= 4 is 34.3 Å². The zero-order valence-electron chi connectivity index (χ0n) is 12.7. The van der Waals surface area contributed by atoms with E-state index in [1.165, 1.54) is 0 Å². The first kappa shape index (κ1) is 15.1. The van der Waals surface area contributed by atoms with E-state index in [1.807, 2.05) is 25.1 Å². The molecular formula is C18H14ClN3O. The summed E-state index contributed by atoms with van der Waals surface area (Å²) in [5.41, 5.74) is 4.00. The van der Waals surface area contributed by atoms with Gasteiger partial charge in [0.05, 0.1) is 23.7 Å². The summed E-state index contributed by atoms with van der Waals surface area (Å²) in [6.45, 7) is 2.01. The summed E-state index contributed by atoms with van der Waals surface area (Å²) in [6.07, 6.45) is 1.72. The van der Waals surface area contributed by atoms with Crippen molar-refractivity contribution in [1.82, 2.24) is 9.97 Å². The number of fused-ring (bicyclic) bond motifs is 1. The van der Waals surface area contributed by atoms with E-state index in [4.69, 9.17) is 16.3 Å². The van der Waals surface area contributed by atoms with Crippen LogP contribution in [0.5, 0.6) is 5.75 Å². The van der Waals surface area contributed by atoms with Crippen molar-refractivity contribution in [3.8, 4) is 11.8 Å². The Morgan fingerprint density at radius 2 is 2.13 bits per heavy atom. The van der Waals surface area contributed by atoms with E-state index < -0.39 is 0 Å². The predicted molar refractivity (Wildman–Crippen MR) is 92.3 cm³/mol. The Labute approximate surface area is 139 Å². The van der Waals surface area contributed by atoms with Crippen LogP contribution in [0.2, 0.25) is 5.02 Å². The predicted octanol–water partition coefficient (Wildman–Crippen LogP) is 4.60. The highest BCUT2D eigenvalue weighted by Gasteiger charge is 2.10. The first-order chi connectivity index (χ1) is 11.1. The Morgan fingerprint density at radius 3 is 2.87 bits per heavy atom. The Kier molecular flexibility index (Phi) is 4.05. The van der Waals surface area contributed by atoms with Gasteiger partial charge in [0, 0.05) is 10.6 Å². The molecule has 23 heavy (non-hydrogen) atoms. The number of aryl methyl sites for hydroxylation is 1. The molecule has 0 atom stereocenters. The highest BCUT2D eigenvalue weighted by atomic mass is 35.5. The van der Waals surface area contributed by atoms with Crippen LogP contribution in [0.3, 0.4) is 0 Å². The Balaban J connectivity index is 2.11. The Hall–Kier alpha value is -2.77. The number of halogens is 1. The lowest BCUT2D eigenvalue weighted by atomic mass is 10.1. The molecule has 0 radical (unpaired) electrons. The van der Waals surface area contributed by atoms with Crippen molar-refractivity contribution in [1.29, 1.82) is 5.26 Å². The molecule has 1 aromatic heterocycles. The highest BCUT2D eigenvalue weighted by molar-refractivity contribution is 6.30. The molecule has 0 amide bonds. The third-order valence-electron chi connectivity index (χ3n) is 3.50. The van der Waals surface area contributed by atoms with Crippen molar-refractivity contribution in [3.05, 3.63) is 58.4 Å². The molecule has 3 rings (SSSR count). The van der Waals surface area contributed by atoms with Crippen LogP contribution in [-0.2, 0) is 0 Å². The Bertz CT molecular complexity index is 951. The van der Waals surface area contributed by atoms with Gasteiger partial charge in [-0.05, 0) is 48.9 Å². The summed E-state index contributed by atoms with van der Waals surface area (Å²) >= 11 is 6.04. The van der Waals surface area contributed by atoms with E-state index in [0.717, 1.165) is 22.2 Å². The second-order valence-corrected chi connectivity index (χ2v) is 5.60. The average Bonchev–Trinajstić information content (AvgIpc) is 2.95. The van der Waals surface area contributed by atoms with Crippen LogP contribution in [0.4, 0.5) is 0 Å². The fraction of sp³-hybridized carbons (Fsp3) is 0.111. The number of imidazole rings is 1. The maximum Gasteiger partial charge on any atom is 0.149 e. The monoisotopic (exact) mass is 323 g/mol. The molecule has 0 spiro atoms. The summed E-state index contributed by atoms with van der Waals surface area (Å²) < 4.78 is 5.31. The third kappa shape index (κ3) is 3.05. The van der Waals surface area contributed by atoms with Gasteiger partial charge >= 0.3 is 0 Å². The van der Waals surface area contributed by atoms with Crippen molar-refractivity contribution in [2.45, 2.75) is 6.92 Å². The number of nitrogens with zero attached hydrogens (tertiary/aromatic N) is 2. The molecule has 0 unspecified atom stereocenters. The summed E-state index contributed by atoms with van der Waals surface area (Å²) in [6, 6.07) is 13.4. The lowest BCUT2D eigenvalue weighted by Crippen LogP contribution is -1.89. The molecule has 3 aromatic rings. The van der Waals surface area contributed by atoms with Crippen molar-refractivity contribution in [2.24, 2.45) is 0 Å². The van der Waals surface area contributed by atoms with E-state index in [0.29, 0.717) is 22.2 Å². The fourth-order valence-electron chi connectivity index (χ4n) is 2.38. The second-order valence-electron chi connectivity index (χ2n) is 5.16. The molecule has 4 nitrogen and oxygen atoms in total. The van der Waals surface area contributed by atoms with Gasteiger partial charge in [-0.15, -0.1) is 0 Å². The van der Waals surface area contributed by atoms with Crippen molar-refractivity contribution < 1.29 is 4.74 Å². The second kappa shape index (κ2) is 6.15. The molecule has 0 aliphatic carbocycles. The topological polar surface area (TPSA) is 61.7 Å². The number of aromatic amines is 1. The highest BCUT2D eigenvalue weighted by Crippen LogP contribution is 2.27. The summed E-state index contributed by atoms with van der Waals surface area (Å²) in [5, 5.41) is 10.1. The molecule has 0 saturated heterocycles. The zero-order chi connectivity index (χ0) is 16.4. The van der Waals surface area contributed by atoms with Crippen LogP contribution in [0.15, 0.2) is 36.4 Å². The molecule has 1 N–H and O–H groups in total. The maximum atomic E-state index is 9.50. The van der Waals surface area contributed by atoms with Crippen LogP contribution in [0, 0.1) is 18.3 Å². The Morgan fingerprint density at radius 1 is 1.30 bits per heavy atom.